The fourth-order valence-electron chi connectivity index (χ4n) is 9.88. The predicted molar refractivity (Wildman–Crippen MR) is 281 cm³/mol. The number of likely N-dealkylation sites (N-methyl/N-ethyl adjacent to an activating group) is 1. The molecule has 0 bridgehead atoms. The van der Waals surface area contributed by atoms with E-state index in [0.29, 0.717) is 50.3 Å². The first kappa shape index (κ1) is 56.2. The average molecular weight is 1060 g/mol. The number of hydrogen-bond donors (Lipinski definition) is 4. The van der Waals surface area contributed by atoms with Crippen molar-refractivity contribution in [2.75, 3.05) is 36.9 Å². The number of unbranched alkanes of at least 4 members (excludes halogenated alkanes) is 2. The first-order valence-electron chi connectivity index (χ1n) is 25.2. The molecule has 2 fully saturated rings. The maximum atomic E-state index is 16.0. The van der Waals surface area contributed by atoms with Crippen molar-refractivity contribution >= 4 is 52.0 Å². The number of β-amino-alcohol motifs (C(OH)–C–C–N with tert-alkyl or cyclic N) is 1. The number of thiazole rings is 1. The highest BCUT2D eigenvalue weighted by atomic mass is 32.1. The summed E-state index contributed by atoms with van der Waals surface area (Å²) in [4.78, 5) is 92.9. The van der Waals surface area contributed by atoms with E-state index in [1.807, 2.05) is 77.8 Å². The standard InChI is InChI=1S/C56H65F4N7O7S/c1-32-28-66(29-33(2)65(32)7)47-20-18-37(22-46(47)64-52(72)42-27-61-50(71)25-43(42)56(58,59)60)41-19-17-38(21-45(41)57)49(70)12-10-8-9-11-39(68)23-44(55(4,5)6)54(74)67-30-40(69)24-48(67)53(73)62-26-35-13-15-36(16-14-35)51-34(3)63-31-75-51/h13-22,25,27,31-33,40,44,48,69H,8-12,23-24,26,28-30H2,1-7H3,(H,61,71)(H,62,73)(H,64,72)/t32-,33+,40-,44-,48+/m1/s1. The highest BCUT2D eigenvalue weighted by Gasteiger charge is 2.44. The Kier molecular flexibility index (Phi) is 17.6. The molecular formula is C56H65F4N7O7S. The second-order valence-electron chi connectivity index (χ2n) is 21.0. The molecule has 0 unspecified atom stereocenters. The minimum Gasteiger partial charge on any atom is -0.391 e. The van der Waals surface area contributed by atoms with Crippen LogP contribution in [0.4, 0.5) is 28.9 Å². The number of aromatic amines is 1. The molecule has 400 valence electrons. The summed E-state index contributed by atoms with van der Waals surface area (Å²) in [6.45, 7) is 12.8. The van der Waals surface area contributed by atoms with Crippen LogP contribution in [0, 0.1) is 24.1 Å². The number of aliphatic hydroxyl groups excluding tert-OH is 1. The van der Waals surface area contributed by atoms with Crippen molar-refractivity contribution in [2.24, 2.45) is 11.3 Å². The first-order chi connectivity index (χ1) is 35.4. The van der Waals surface area contributed by atoms with Crippen LogP contribution in [0.15, 0.2) is 83.2 Å². The third-order valence-electron chi connectivity index (χ3n) is 14.4. The lowest BCUT2D eigenvalue weighted by atomic mass is 9.76. The Morgan fingerprint density at radius 3 is 2.21 bits per heavy atom. The minimum atomic E-state index is -5.00. The van der Waals surface area contributed by atoms with Crippen molar-refractivity contribution in [1.29, 1.82) is 0 Å². The number of nitrogens with one attached hydrogen (secondary N) is 3. The van der Waals surface area contributed by atoms with Gasteiger partial charge in [-0.2, -0.15) is 13.2 Å². The number of nitrogens with zero attached hydrogens (tertiary/aromatic N) is 4. The monoisotopic (exact) mass is 1060 g/mol. The smallest absolute Gasteiger partial charge is 0.391 e. The molecule has 2 aliphatic heterocycles. The molecule has 4 heterocycles. The van der Waals surface area contributed by atoms with E-state index < -0.39 is 58.1 Å². The molecule has 75 heavy (non-hydrogen) atoms. The van der Waals surface area contributed by atoms with Gasteiger partial charge in [-0.3, -0.25) is 33.7 Å². The third-order valence-corrected chi connectivity index (χ3v) is 15.4. The van der Waals surface area contributed by atoms with Gasteiger partial charge in [0.2, 0.25) is 17.4 Å². The van der Waals surface area contributed by atoms with E-state index in [4.69, 9.17) is 0 Å². The second-order valence-corrected chi connectivity index (χ2v) is 21.8. The molecule has 0 saturated carbocycles. The zero-order chi connectivity index (χ0) is 54.5. The summed E-state index contributed by atoms with van der Waals surface area (Å²) in [6, 6.07) is 16.2. The van der Waals surface area contributed by atoms with Crippen LogP contribution in [-0.2, 0) is 27.1 Å². The number of rotatable bonds is 18. The van der Waals surface area contributed by atoms with Crippen molar-refractivity contribution in [3.8, 4) is 21.6 Å². The van der Waals surface area contributed by atoms with Gasteiger partial charge in [0.1, 0.15) is 17.6 Å². The number of pyridine rings is 1. The summed E-state index contributed by atoms with van der Waals surface area (Å²) in [5.74, 6) is -3.84. The lowest BCUT2D eigenvalue weighted by Crippen LogP contribution is -2.55. The molecule has 3 aromatic carbocycles. The van der Waals surface area contributed by atoms with E-state index in [1.54, 1.807) is 29.0 Å². The van der Waals surface area contributed by atoms with E-state index in [0.717, 1.165) is 27.8 Å². The van der Waals surface area contributed by atoms with Crippen LogP contribution in [0.5, 0.6) is 0 Å². The van der Waals surface area contributed by atoms with Crippen LogP contribution in [0.3, 0.4) is 0 Å². The van der Waals surface area contributed by atoms with Crippen molar-refractivity contribution in [1.82, 2.24) is 25.1 Å². The number of ketones is 2. The third kappa shape index (κ3) is 13.6. The molecule has 19 heteroatoms. The Balaban J connectivity index is 0.936. The molecule has 2 aromatic heterocycles. The molecule has 2 aliphatic rings. The molecule has 0 spiro atoms. The summed E-state index contributed by atoms with van der Waals surface area (Å²) in [7, 11) is 1.99. The maximum absolute atomic E-state index is 16.0. The Hall–Kier alpha value is -6.57. The fourth-order valence-corrected chi connectivity index (χ4v) is 10.7. The summed E-state index contributed by atoms with van der Waals surface area (Å²) in [5.41, 5.74) is 1.88. The molecule has 4 N–H and O–H groups in total. The number of likely N-dealkylation sites (tertiary alicyclic amines) is 1. The molecule has 5 atom stereocenters. The van der Waals surface area contributed by atoms with Gasteiger partial charge in [0.25, 0.3) is 5.91 Å². The fraction of sp³-hybridized carbons (Fsp3) is 0.446. The molecule has 3 amide bonds. The second kappa shape index (κ2) is 23.5. The van der Waals surface area contributed by atoms with Crippen LogP contribution in [0.1, 0.15) is 117 Å². The number of aryl methyl sites for hydroxylation is 1. The number of alkyl halides is 3. The number of Topliss-reactive ketones (excluding diaryl/α,β-unsaturated/α-hetero) is 2. The quantitative estimate of drug-likeness (QED) is 0.0375. The van der Waals surface area contributed by atoms with Crippen LogP contribution in [-0.4, -0.2) is 105 Å². The number of carbonyl (C=O) groups is 5. The maximum Gasteiger partial charge on any atom is 0.417 e. The average Bonchev–Trinajstić information content (AvgIpc) is 3.98. The van der Waals surface area contributed by atoms with E-state index in [1.165, 1.54) is 23.1 Å². The summed E-state index contributed by atoms with van der Waals surface area (Å²) >= 11 is 1.55. The van der Waals surface area contributed by atoms with Crippen LogP contribution < -0.4 is 21.1 Å². The van der Waals surface area contributed by atoms with E-state index in [9.17, 15) is 47.0 Å². The molecule has 7 rings (SSSR count). The topological polar surface area (TPSA) is 185 Å². The van der Waals surface area contributed by atoms with Crippen LogP contribution in [0.2, 0.25) is 0 Å². The summed E-state index contributed by atoms with van der Waals surface area (Å²) < 4.78 is 57.9. The number of piperazine rings is 1. The van der Waals surface area contributed by atoms with Gasteiger partial charge in [-0.15, -0.1) is 11.3 Å². The number of benzene rings is 3. The van der Waals surface area contributed by atoms with Gasteiger partial charge in [-0.25, -0.2) is 9.37 Å². The Morgan fingerprint density at radius 1 is 0.893 bits per heavy atom. The van der Waals surface area contributed by atoms with Crippen LogP contribution >= 0.6 is 11.3 Å². The lowest BCUT2D eigenvalue weighted by Gasteiger charge is -2.44. The Labute approximate surface area is 437 Å². The molecule has 0 aliphatic carbocycles. The minimum absolute atomic E-state index is 0.0246. The number of anilines is 2. The number of halogens is 4. The van der Waals surface area contributed by atoms with Crippen LogP contribution in [0.25, 0.3) is 21.6 Å². The number of hydrogen-bond acceptors (Lipinski definition) is 11. The zero-order valence-corrected chi connectivity index (χ0v) is 44.1. The van der Waals surface area contributed by atoms with Gasteiger partial charge in [-0.1, -0.05) is 69.7 Å². The zero-order valence-electron chi connectivity index (χ0n) is 43.3. The molecule has 5 aromatic rings. The van der Waals surface area contributed by atoms with Gasteiger partial charge in [0, 0.05) is 93.3 Å². The number of aromatic nitrogens is 2. The van der Waals surface area contributed by atoms with Crippen molar-refractivity contribution in [3.05, 3.63) is 123 Å². The molecule has 2 saturated heterocycles. The molecule has 14 nitrogen and oxygen atoms in total. The largest absolute Gasteiger partial charge is 0.417 e. The van der Waals surface area contributed by atoms with Gasteiger partial charge >= 0.3 is 6.18 Å². The van der Waals surface area contributed by atoms with E-state index in [-0.39, 0.29) is 96.6 Å². The predicted octanol–water partition coefficient (Wildman–Crippen LogP) is 9.45. The number of amides is 3. The Bertz CT molecular complexity index is 2960. The lowest BCUT2D eigenvalue weighted by molar-refractivity contribution is -0.146. The van der Waals surface area contributed by atoms with E-state index in [2.05, 4.69) is 25.5 Å². The first-order valence-corrected chi connectivity index (χ1v) is 26.1. The SMILES string of the molecule is Cc1ncsc1-c1ccc(CNC(=O)[C@@H]2C[C@@H](O)CN2C(=O)[C@@H](CC(=O)CCCCCC(=O)c2ccc(-c3ccc(N4C[C@@H](C)N(C)[C@@H](C)C4)c(NC(=O)c4c[nH]c(=O)cc4C(F)(F)F)c3)c(F)c2)C(C)(C)C)cc1. The normalized spacial score (nSPS) is 18.7. The number of aliphatic hydroxyl groups is 1. The Morgan fingerprint density at radius 2 is 1.57 bits per heavy atom. The van der Waals surface area contributed by atoms with Gasteiger partial charge in [0.05, 0.1) is 44.7 Å². The highest BCUT2D eigenvalue weighted by molar-refractivity contribution is 7.13. The van der Waals surface area contributed by atoms with Crippen molar-refractivity contribution < 1.29 is 46.6 Å². The summed E-state index contributed by atoms with van der Waals surface area (Å²) in [6.07, 6.45) is -3.56. The van der Waals surface area contributed by atoms with E-state index >= 15 is 4.39 Å². The summed E-state index contributed by atoms with van der Waals surface area (Å²) in [5, 5.41) is 16.2. The molecule has 0 radical (unpaired) electrons. The van der Waals surface area contributed by atoms with Gasteiger partial charge in [0.15, 0.2) is 5.78 Å². The van der Waals surface area contributed by atoms with Crippen molar-refractivity contribution in [3.63, 3.8) is 0 Å². The molecular weight excluding hydrogens is 991 g/mol. The number of H-pyrrole nitrogens is 1. The highest BCUT2D eigenvalue weighted by Crippen LogP contribution is 2.38. The van der Waals surface area contributed by atoms with Gasteiger partial charge in [-0.05, 0) is 81.0 Å². The number of carbonyl (C=O) groups excluding carboxylic acids is 5. The van der Waals surface area contributed by atoms with Gasteiger partial charge < -0.3 is 30.5 Å². The van der Waals surface area contributed by atoms with Crippen molar-refractivity contribution in [2.45, 2.75) is 123 Å².